The van der Waals surface area contributed by atoms with Crippen LogP contribution in [0.2, 0.25) is 0 Å². The Hall–Kier alpha value is -1.89. The largest absolute Gasteiger partial charge is 0.294 e. The predicted molar refractivity (Wildman–Crippen MR) is 70.7 cm³/mol. The second-order valence-corrected chi connectivity index (χ2v) is 5.49. The zero-order chi connectivity index (χ0) is 12.2. The highest BCUT2D eigenvalue weighted by Gasteiger charge is 2.62. The van der Waals surface area contributed by atoms with Crippen molar-refractivity contribution in [1.82, 2.24) is 0 Å². The van der Waals surface area contributed by atoms with E-state index in [0.29, 0.717) is 11.7 Å². The van der Waals surface area contributed by atoms with E-state index in [1.165, 1.54) is 11.1 Å². The van der Waals surface area contributed by atoms with Crippen molar-refractivity contribution >= 4 is 5.78 Å². The van der Waals surface area contributed by atoms with Gasteiger partial charge in [-0.05, 0) is 29.9 Å². The van der Waals surface area contributed by atoms with Gasteiger partial charge in [0.15, 0.2) is 5.78 Å². The molecule has 1 spiro atoms. The van der Waals surface area contributed by atoms with Crippen molar-refractivity contribution < 1.29 is 4.79 Å². The third-order valence-electron chi connectivity index (χ3n) is 4.50. The number of carbonyl (C=O) groups is 1. The molecule has 4 rings (SSSR count). The molecule has 1 nitrogen and oxygen atoms in total. The van der Waals surface area contributed by atoms with Crippen molar-refractivity contribution in [3.63, 3.8) is 0 Å². The van der Waals surface area contributed by atoms with Crippen LogP contribution < -0.4 is 0 Å². The van der Waals surface area contributed by atoms with E-state index in [9.17, 15) is 4.79 Å². The van der Waals surface area contributed by atoms with Gasteiger partial charge in [0.25, 0.3) is 0 Å². The highest BCUT2D eigenvalue weighted by molar-refractivity contribution is 6.07. The van der Waals surface area contributed by atoms with E-state index in [0.717, 1.165) is 18.4 Å². The van der Waals surface area contributed by atoms with Gasteiger partial charge in [0.05, 0.1) is 0 Å². The van der Waals surface area contributed by atoms with Gasteiger partial charge in [-0.15, -0.1) is 0 Å². The molecule has 0 aromatic heterocycles. The minimum atomic E-state index is -0.106. The summed E-state index contributed by atoms with van der Waals surface area (Å²) in [6.07, 6.45) is 1.95. The molecule has 0 aliphatic heterocycles. The van der Waals surface area contributed by atoms with Gasteiger partial charge in [-0.2, -0.15) is 0 Å². The number of carbonyl (C=O) groups excluding carboxylic acids is 1. The molecule has 1 fully saturated rings. The molecule has 0 bridgehead atoms. The Morgan fingerprint density at radius 3 is 2.44 bits per heavy atom. The summed E-state index contributed by atoms with van der Waals surface area (Å²) in [6.45, 7) is 0. The molecule has 0 saturated heterocycles. The smallest absolute Gasteiger partial charge is 0.170 e. The molecular weight excluding hydrogens is 220 g/mol. The summed E-state index contributed by atoms with van der Waals surface area (Å²) >= 11 is 0. The minimum absolute atomic E-state index is 0.106. The lowest BCUT2D eigenvalue weighted by molar-refractivity contribution is 0.0914. The third-order valence-corrected chi connectivity index (χ3v) is 4.50. The first-order chi connectivity index (χ1) is 8.81. The maximum atomic E-state index is 12.6. The monoisotopic (exact) mass is 234 g/mol. The van der Waals surface area contributed by atoms with Gasteiger partial charge in [0, 0.05) is 11.0 Å². The van der Waals surface area contributed by atoms with E-state index in [1.54, 1.807) is 0 Å². The number of Topliss-reactive ketones (excluding diaryl/α,β-unsaturated/α-hetero) is 1. The third kappa shape index (κ3) is 1.19. The zero-order valence-electron chi connectivity index (χ0n) is 10.1. The molecule has 2 aromatic carbocycles. The lowest BCUT2D eigenvalue weighted by atomic mass is 9.95. The van der Waals surface area contributed by atoms with Crippen molar-refractivity contribution in [3.8, 4) is 0 Å². The first-order valence-electron chi connectivity index (χ1n) is 6.49. The van der Waals surface area contributed by atoms with Gasteiger partial charge in [-0.25, -0.2) is 0 Å². The summed E-state index contributed by atoms with van der Waals surface area (Å²) in [4.78, 5) is 12.6. The number of ketones is 1. The van der Waals surface area contributed by atoms with Crippen molar-refractivity contribution in [3.05, 3.63) is 71.3 Å². The molecule has 0 N–H and O–H groups in total. The molecule has 2 aliphatic rings. The van der Waals surface area contributed by atoms with Gasteiger partial charge in [-0.1, -0.05) is 54.6 Å². The van der Waals surface area contributed by atoms with Crippen LogP contribution in [-0.4, -0.2) is 5.78 Å². The maximum Gasteiger partial charge on any atom is 0.170 e. The summed E-state index contributed by atoms with van der Waals surface area (Å²) < 4.78 is 0. The van der Waals surface area contributed by atoms with Crippen molar-refractivity contribution in [2.24, 2.45) is 5.41 Å². The van der Waals surface area contributed by atoms with Gasteiger partial charge in [-0.3, -0.25) is 4.79 Å². The summed E-state index contributed by atoms with van der Waals surface area (Å²) in [5, 5.41) is 0. The Bertz CT molecular complexity index is 629. The molecular formula is C17H14O. The molecule has 1 saturated carbocycles. The summed E-state index contributed by atoms with van der Waals surface area (Å²) in [5.41, 5.74) is 3.40. The molecule has 88 valence electrons. The number of benzene rings is 2. The van der Waals surface area contributed by atoms with Crippen LogP contribution in [0.3, 0.4) is 0 Å². The van der Waals surface area contributed by atoms with Gasteiger partial charge >= 0.3 is 0 Å². The van der Waals surface area contributed by atoms with E-state index in [-0.39, 0.29) is 5.41 Å². The van der Waals surface area contributed by atoms with Crippen molar-refractivity contribution in [2.45, 2.75) is 18.8 Å². The molecule has 2 aromatic rings. The molecule has 0 heterocycles. The standard InChI is InChI=1S/C17H14O/c18-16-14-9-5-4-8-13(14)10-17(16)11-15(17)12-6-2-1-3-7-12/h1-9,15H,10-11H2/t15-,17-/m1/s1. The van der Waals surface area contributed by atoms with E-state index in [1.807, 2.05) is 24.3 Å². The fourth-order valence-electron chi connectivity index (χ4n) is 3.46. The minimum Gasteiger partial charge on any atom is -0.294 e. The van der Waals surface area contributed by atoms with Crippen molar-refractivity contribution in [2.75, 3.05) is 0 Å². The van der Waals surface area contributed by atoms with E-state index in [4.69, 9.17) is 0 Å². The lowest BCUT2D eigenvalue weighted by Gasteiger charge is -2.07. The first kappa shape index (κ1) is 10.1. The number of hydrogen-bond acceptors (Lipinski definition) is 1. The van der Waals surface area contributed by atoms with Crippen LogP contribution in [0, 0.1) is 5.41 Å². The highest BCUT2D eigenvalue weighted by atomic mass is 16.1. The second kappa shape index (κ2) is 3.32. The van der Waals surface area contributed by atoms with Crippen LogP contribution >= 0.6 is 0 Å². The number of rotatable bonds is 1. The van der Waals surface area contributed by atoms with Crippen LogP contribution in [0.1, 0.15) is 33.8 Å². The molecule has 2 atom stereocenters. The SMILES string of the molecule is O=C1c2ccccc2C[C@]12C[C@@H]2c1ccccc1. The average Bonchev–Trinajstić information content (AvgIpc) is 3.08. The lowest BCUT2D eigenvalue weighted by Crippen LogP contribution is -2.12. The van der Waals surface area contributed by atoms with Gasteiger partial charge < -0.3 is 0 Å². The summed E-state index contributed by atoms with van der Waals surface area (Å²) in [6, 6.07) is 18.5. The molecule has 0 radical (unpaired) electrons. The first-order valence-corrected chi connectivity index (χ1v) is 6.49. The normalized spacial score (nSPS) is 28.4. The molecule has 18 heavy (non-hydrogen) atoms. The topological polar surface area (TPSA) is 17.1 Å². The second-order valence-electron chi connectivity index (χ2n) is 5.49. The average molecular weight is 234 g/mol. The fourth-order valence-corrected chi connectivity index (χ4v) is 3.46. The highest BCUT2D eigenvalue weighted by Crippen LogP contribution is 2.65. The van der Waals surface area contributed by atoms with E-state index in [2.05, 4.69) is 30.3 Å². The summed E-state index contributed by atoms with van der Waals surface area (Å²) in [7, 11) is 0. The Labute approximate surface area is 106 Å². The quantitative estimate of drug-likeness (QED) is 0.736. The van der Waals surface area contributed by atoms with Crippen LogP contribution in [0.4, 0.5) is 0 Å². The Morgan fingerprint density at radius 2 is 1.67 bits per heavy atom. The van der Waals surface area contributed by atoms with Crippen LogP contribution in [0.5, 0.6) is 0 Å². The van der Waals surface area contributed by atoms with E-state index < -0.39 is 0 Å². The number of hydrogen-bond donors (Lipinski definition) is 0. The fraction of sp³-hybridized carbons (Fsp3) is 0.235. The predicted octanol–water partition coefficient (Wildman–Crippen LogP) is 3.60. The number of fused-ring (bicyclic) bond motifs is 1. The van der Waals surface area contributed by atoms with Crippen molar-refractivity contribution in [1.29, 1.82) is 0 Å². The van der Waals surface area contributed by atoms with Gasteiger partial charge in [0.2, 0.25) is 0 Å². The van der Waals surface area contributed by atoms with Crippen LogP contribution in [0.15, 0.2) is 54.6 Å². The Morgan fingerprint density at radius 1 is 0.944 bits per heavy atom. The van der Waals surface area contributed by atoms with E-state index >= 15 is 0 Å². The zero-order valence-corrected chi connectivity index (χ0v) is 10.1. The Balaban J connectivity index is 1.73. The maximum absolute atomic E-state index is 12.6. The molecule has 1 heteroatoms. The summed E-state index contributed by atoms with van der Waals surface area (Å²) in [5.74, 6) is 0.797. The van der Waals surface area contributed by atoms with Gasteiger partial charge in [0.1, 0.15) is 0 Å². The van der Waals surface area contributed by atoms with Crippen LogP contribution in [0.25, 0.3) is 0 Å². The van der Waals surface area contributed by atoms with Crippen LogP contribution in [-0.2, 0) is 6.42 Å². The molecule has 2 aliphatic carbocycles. The molecule has 0 amide bonds. The Kier molecular flexibility index (Phi) is 1.86. The molecule has 0 unspecified atom stereocenters.